The molecular formula is C20H22BrN3O. The number of nitrogens with zero attached hydrogens (tertiary/aromatic N) is 3. The zero-order chi connectivity index (χ0) is 18.4. The monoisotopic (exact) mass is 399 g/mol. The third-order valence-electron chi connectivity index (χ3n) is 3.67. The fraction of sp³-hybridized carbons (Fsp3) is 0.300. The molecule has 0 spiro atoms. The first-order valence-corrected chi connectivity index (χ1v) is 9.22. The van der Waals surface area contributed by atoms with Gasteiger partial charge in [-0.3, -0.25) is 14.7 Å². The van der Waals surface area contributed by atoms with Crippen LogP contribution in [0.4, 0.5) is 5.69 Å². The average Bonchev–Trinajstić information content (AvgIpc) is 2.92. The van der Waals surface area contributed by atoms with Gasteiger partial charge in [-0.1, -0.05) is 34.9 Å². The number of hydrogen-bond donors (Lipinski definition) is 0. The van der Waals surface area contributed by atoms with E-state index in [2.05, 4.69) is 45.8 Å². The van der Waals surface area contributed by atoms with Crippen LogP contribution in [-0.2, 0) is 4.79 Å². The molecule has 4 nitrogen and oxygen atoms in total. The van der Waals surface area contributed by atoms with Gasteiger partial charge in [-0.25, -0.2) is 0 Å². The fourth-order valence-corrected chi connectivity index (χ4v) is 2.74. The van der Waals surface area contributed by atoms with E-state index in [1.165, 1.54) is 6.92 Å². The lowest BCUT2D eigenvalue weighted by molar-refractivity contribution is -0.123. The molecule has 1 aliphatic heterocycles. The molecule has 1 amide bonds. The highest BCUT2D eigenvalue weighted by Gasteiger charge is 2.28. The summed E-state index contributed by atoms with van der Waals surface area (Å²) in [5, 5.41) is 0. The molecular weight excluding hydrogens is 378 g/mol. The summed E-state index contributed by atoms with van der Waals surface area (Å²) in [6.45, 7) is 3.58. The number of anilines is 1. The summed E-state index contributed by atoms with van der Waals surface area (Å²) in [4.78, 5) is 20.1. The van der Waals surface area contributed by atoms with E-state index in [1.807, 2.05) is 49.3 Å². The lowest BCUT2D eigenvalue weighted by Gasteiger charge is -2.16. The highest BCUT2D eigenvalue weighted by atomic mass is 79.9. The number of aliphatic imine (C=N–C) groups is 1. The number of benzene rings is 1. The minimum absolute atomic E-state index is 0.0947. The van der Waals surface area contributed by atoms with Crippen LogP contribution in [-0.4, -0.2) is 36.2 Å². The number of allylic oxidation sites excluding steroid dienone is 2. The standard InChI is InChI=1S/C20H22BrN3O/c1-5-6-17-13-19(24(15(2)25)20(17)22-14-21)12-9-16-7-10-18(11-8-16)23(3)4/h6-8,10-11,13H,5,14H2,1-4H3/b17-6-,22-20+. The van der Waals surface area contributed by atoms with Crippen molar-refractivity contribution in [3.05, 3.63) is 53.3 Å². The Bertz CT molecular complexity index is 792. The largest absolute Gasteiger partial charge is 0.378 e. The van der Waals surface area contributed by atoms with Crippen LogP contribution in [0.2, 0.25) is 0 Å². The van der Waals surface area contributed by atoms with Crippen LogP contribution < -0.4 is 4.90 Å². The highest BCUT2D eigenvalue weighted by molar-refractivity contribution is 9.09. The lowest BCUT2D eigenvalue weighted by Crippen LogP contribution is -2.30. The number of halogens is 1. The quantitative estimate of drug-likeness (QED) is 0.438. The minimum Gasteiger partial charge on any atom is -0.378 e. The SMILES string of the molecule is CC/C=C1/C=C(C#Cc2ccc(N(C)C)cc2)N(C(C)=O)/C1=N/CBr. The van der Waals surface area contributed by atoms with E-state index in [1.54, 1.807) is 4.90 Å². The molecule has 1 aliphatic rings. The molecule has 130 valence electrons. The van der Waals surface area contributed by atoms with E-state index in [0.717, 1.165) is 23.2 Å². The van der Waals surface area contributed by atoms with Crippen molar-refractivity contribution in [1.29, 1.82) is 0 Å². The van der Waals surface area contributed by atoms with E-state index in [-0.39, 0.29) is 5.91 Å². The molecule has 0 atom stereocenters. The third kappa shape index (κ3) is 4.61. The molecule has 0 radical (unpaired) electrons. The molecule has 5 heteroatoms. The first-order chi connectivity index (χ1) is 12.0. The molecule has 1 aromatic rings. The average molecular weight is 400 g/mol. The van der Waals surface area contributed by atoms with Crippen molar-refractivity contribution < 1.29 is 4.79 Å². The summed E-state index contributed by atoms with van der Waals surface area (Å²) < 4.78 is 0. The van der Waals surface area contributed by atoms with Crippen molar-refractivity contribution in [3.63, 3.8) is 0 Å². The Morgan fingerprint density at radius 1 is 1.28 bits per heavy atom. The Labute approximate surface area is 158 Å². The predicted octanol–water partition coefficient (Wildman–Crippen LogP) is 3.94. The molecule has 1 aromatic carbocycles. The molecule has 0 aliphatic carbocycles. The highest BCUT2D eigenvalue weighted by Crippen LogP contribution is 2.23. The topological polar surface area (TPSA) is 35.9 Å². The molecule has 2 rings (SSSR count). The Morgan fingerprint density at radius 2 is 1.96 bits per heavy atom. The predicted molar refractivity (Wildman–Crippen MR) is 108 cm³/mol. The van der Waals surface area contributed by atoms with Gasteiger partial charge < -0.3 is 4.90 Å². The van der Waals surface area contributed by atoms with Crippen molar-refractivity contribution in [1.82, 2.24) is 4.90 Å². The smallest absolute Gasteiger partial charge is 0.230 e. The molecule has 1 heterocycles. The molecule has 0 fully saturated rings. The summed E-state index contributed by atoms with van der Waals surface area (Å²) in [7, 11) is 4.00. The summed E-state index contributed by atoms with van der Waals surface area (Å²) >= 11 is 3.31. The number of carbonyl (C=O) groups is 1. The van der Waals surface area contributed by atoms with E-state index in [9.17, 15) is 4.79 Å². The summed E-state index contributed by atoms with van der Waals surface area (Å²) in [6, 6.07) is 8.00. The number of alkyl halides is 1. The van der Waals surface area contributed by atoms with Crippen molar-refractivity contribution in [2.45, 2.75) is 20.3 Å². The van der Waals surface area contributed by atoms with Crippen LogP contribution in [0, 0.1) is 11.8 Å². The summed E-state index contributed by atoms with van der Waals surface area (Å²) in [6.07, 6.45) is 4.84. The summed E-state index contributed by atoms with van der Waals surface area (Å²) in [5.41, 5.74) is 4.05. The van der Waals surface area contributed by atoms with Crippen molar-refractivity contribution >= 4 is 33.4 Å². The molecule has 0 aromatic heterocycles. The maximum Gasteiger partial charge on any atom is 0.230 e. The number of carbonyl (C=O) groups excluding carboxylic acids is 1. The van der Waals surface area contributed by atoms with Gasteiger partial charge >= 0.3 is 0 Å². The normalized spacial score (nSPS) is 16.7. The van der Waals surface area contributed by atoms with Crippen LogP contribution >= 0.6 is 15.9 Å². The van der Waals surface area contributed by atoms with Crippen LogP contribution in [0.1, 0.15) is 25.8 Å². The third-order valence-corrected chi connectivity index (χ3v) is 3.92. The zero-order valence-corrected chi connectivity index (χ0v) is 16.6. The number of hydrogen-bond acceptors (Lipinski definition) is 3. The molecule has 25 heavy (non-hydrogen) atoms. The first-order valence-electron chi connectivity index (χ1n) is 8.10. The zero-order valence-electron chi connectivity index (χ0n) is 15.0. The van der Waals surface area contributed by atoms with Crippen molar-refractivity contribution in [2.24, 2.45) is 4.99 Å². The Balaban J connectivity index is 2.37. The first kappa shape index (κ1) is 19.0. The number of amidine groups is 1. The number of amides is 1. The van der Waals surface area contributed by atoms with Gasteiger partial charge in [0.2, 0.25) is 5.91 Å². The second-order valence-corrected chi connectivity index (χ2v) is 6.25. The van der Waals surface area contributed by atoms with E-state index in [0.29, 0.717) is 17.0 Å². The van der Waals surface area contributed by atoms with Crippen LogP contribution in [0.15, 0.2) is 52.7 Å². The van der Waals surface area contributed by atoms with Crippen LogP contribution in [0.5, 0.6) is 0 Å². The Morgan fingerprint density at radius 3 is 2.48 bits per heavy atom. The number of rotatable bonds is 3. The Hall–Kier alpha value is -2.32. The van der Waals surface area contributed by atoms with Gasteiger partial charge in [0.1, 0.15) is 11.5 Å². The molecule has 0 saturated carbocycles. The van der Waals surface area contributed by atoms with E-state index < -0.39 is 0 Å². The van der Waals surface area contributed by atoms with Gasteiger partial charge in [-0.15, -0.1) is 0 Å². The van der Waals surface area contributed by atoms with Crippen LogP contribution in [0.3, 0.4) is 0 Å². The summed E-state index contributed by atoms with van der Waals surface area (Å²) in [5.74, 6) is 6.82. The van der Waals surface area contributed by atoms with E-state index >= 15 is 0 Å². The van der Waals surface area contributed by atoms with Gasteiger partial charge in [0.15, 0.2) is 0 Å². The van der Waals surface area contributed by atoms with Crippen molar-refractivity contribution in [2.75, 3.05) is 24.4 Å². The van der Waals surface area contributed by atoms with Gasteiger partial charge in [-0.2, -0.15) is 0 Å². The molecule has 0 saturated heterocycles. The molecule has 0 bridgehead atoms. The van der Waals surface area contributed by atoms with Gasteiger partial charge in [0, 0.05) is 37.8 Å². The van der Waals surface area contributed by atoms with Crippen molar-refractivity contribution in [3.8, 4) is 11.8 Å². The van der Waals surface area contributed by atoms with Crippen LogP contribution in [0.25, 0.3) is 0 Å². The molecule has 0 unspecified atom stereocenters. The maximum absolute atomic E-state index is 12.1. The van der Waals surface area contributed by atoms with Gasteiger partial charge in [-0.05, 0) is 42.7 Å². The molecule has 0 N–H and O–H groups in total. The maximum atomic E-state index is 12.1. The van der Waals surface area contributed by atoms with E-state index in [4.69, 9.17) is 0 Å². The fourth-order valence-electron chi connectivity index (χ4n) is 2.50. The van der Waals surface area contributed by atoms with Gasteiger partial charge in [0.05, 0.1) is 5.45 Å². The second kappa shape index (κ2) is 8.68. The van der Waals surface area contributed by atoms with Gasteiger partial charge in [0.25, 0.3) is 0 Å². The second-order valence-electron chi connectivity index (χ2n) is 5.74. The minimum atomic E-state index is -0.0947. The lowest BCUT2D eigenvalue weighted by atomic mass is 10.2. The Kier molecular flexibility index (Phi) is 6.60.